The Kier molecular flexibility index (Phi) is 6.00. The molecule has 1 aromatic heterocycles. The minimum Gasteiger partial charge on any atom is -0.461 e. The van der Waals surface area contributed by atoms with Crippen LogP contribution in [0.4, 0.5) is 5.82 Å². The molecule has 0 amide bonds. The van der Waals surface area contributed by atoms with Crippen molar-refractivity contribution < 1.29 is 24.9 Å². The van der Waals surface area contributed by atoms with Gasteiger partial charge in [0.05, 0.1) is 30.9 Å². The average Bonchev–Trinajstić information content (AvgIpc) is 2.88. The fourth-order valence-electron chi connectivity index (χ4n) is 2.60. The van der Waals surface area contributed by atoms with Gasteiger partial charge in [-0.05, 0) is 45.1 Å². The van der Waals surface area contributed by atoms with E-state index in [4.69, 9.17) is 10.5 Å². The Morgan fingerprint density at radius 1 is 1.21 bits per heavy atom. The number of hydrogen-bond donors (Lipinski definition) is 5. The summed E-state index contributed by atoms with van der Waals surface area (Å²) < 4.78 is 5.38. The van der Waals surface area contributed by atoms with Crippen molar-refractivity contribution in [3.8, 4) is 11.1 Å². The van der Waals surface area contributed by atoms with Crippen LogP contribution < -0.4 is 5.73 Å². The highest BCUT2D eigenvalue weighted by Crippen LogP contribution is 2.40. The number of anilines is 1. The highest BCUT2D eigenvalue weighted by atomic mass is 79.9. The fraction of sp³-hybridized carbons (Fsp3) is 0.312. The van der Waals surface area contributed by atoms with Crippen molar-refractivity contribution in [2.75, 3.05) is 12.3 Å². The monoisotopic (exact) mass is 398 g/mol. The Bertz CT molecular complexity index is 757. The molecule has 0 aliphatic carbocycles. The molecule has 0 aliphatic heterocycles. The number of nitrogens with two attached hydrogens (primary N) is 1. The zero-order chi connectivity index (χ0) is 17.9. The van der Waals surface area contributed by atoms with Crippen molar-refractivity contribution in [1.29, 1.82) is 0 Å². The quantitative estimate of drug-likeness (QED) is 0.470. The number of carbonyl (C=O) groups excluding carboxylic acids is 1. The molecule has 0 spiro atoms. The number of rotatable bonds is 6. The standard InChI is InChI=1S/C16H19BrN2O5/c1-2-24-16(23)14-13(17)12(15(18)19-14)9-4-3-8(5-20)10(6-21)11(9)7-22/h3-4,19-22H,2,5-7,18H2,1H3. The van der Waals surface area contributed by atoms with E-state index in [0.29, 0.717) is 32.3 Å². The summed E-state index contributed by atoms with van der Waals surface area (Å²) in [6, 6.07) is 3.32. The van der Waals surface area contributed by atoms with Gasteiger partial charge in [0.15, 0.2) is 0 Å². The summed E-state index contributed by atoms with van der Waals surface area (Å²) in [5.74, 6) is -0.331. The molecule has 8 heteroatoms. The number of nitrogens with one attached hydrogen (secondary N) is 1. The molecule has 0 aliphatic rings. The smallest absolute Gasteiger partial charge is 0.355 e. The molecule has 0 fully saturated rings. The number of esters is 1. The summed E-state index contributed by atoms with van der Waals surface area (Å²) >= 11 is 3.35. The number of aliphatic hydroxyl groups excluding tert-OH is 3. The van der Waals surface area contributed by atoms with E-state index in [0.717, 1.165) is 0 Å². The first kappa shape index (κ1) is 18.5. The Morgan fingerprint density at radius 3 is 2.42 bits per heavy atom. The third-order valence-electron chi connectivity index (χ3n) is 3.73. The number of carbonyl (C=O) groups is 1. The van der Waals surface area contributed by atoms with Gasteiger partial charge < -0.3 is 30.8 Å². The SMILES string of the molecule is CCOC(=O)c1[nH]c(N)c(-c2ccc(CO)c(CO)c2CO)c1Br. The summed E-state index contributed by atoms with van der Waals surface area (Å²) in [5, 5.41) is 28.7. The first-order valence-corrected chi connectivity index (χ1v) is 8.09. The normalized spacial score (nSPS) is 10.9. The van der Waals surface area contributed by atoms with Gasteiger partial charge in [-0.2, -0.15) is 0 Å². The summed E-state index contributed by atoms with van der Waals surface area (Å²) in [6.07, 6.45) is 0. The van der Waals surface area contributed by atoms with Crippen LogP contribution in [0.15, 0.2) is 16.6 Å². The number of aromatic amines is 1. The van der Waals surface area contributed by atoms with Gasteiger partial charge in [-0.1, -0.05) is 12.1 Å². The molecule has 0 radical (unpaired) electrons. The van der Waals surface area contributed by atoms with E-state index in [-0.39, 0.29) is 37.9 Å². The predicted octanol–water partition coefficient (Wildman–Crippen LogP) is 1.68. The van der Waals surface area contributed by atoms with Crippen LogP contribution in [-0.2, 0) is 24.6 Å². The van der Waals surface area contributed by atoms with Crippen LogP contribution in [0, 0.1) is 0 Å². The van der Waals surface area contributed by atoms with Crippen LogP contribution in [0.2, 0.25) is 0 Å². The molecular weight excluding hydrogens is 380 g/mol. The largest absolute Gasteiger partial charge is 0.461 e. The van der Waals surface area contributed by atoms with Gasteiger partial charge in [-0.15, -0.1) is 0 Å². The molecule has 1 aromatic carbocycles. The lowest BCUT2D eigenvalue weighted by atomic mass is 9.93. The van der Waals surface area contributed by atoms with E-state index >= 15 is 0 Å². The molecule has 24 heavy (non-hydrogen) atoms. The van der Waals surface area contributed by atoms with E-state index in [2.05, 4.69) is 20.9 Å². The highest BCUT2D eigenvalue weighted by molar-refractivity contribution is 9.10. The molecule has 0 bridgehead atoms. The van der Waals surface area contributed by atoms with Crippen LogP contribution >= 0.6 is 15.9 Å². The molecule has 2 rings (SSSR count). The van der Waals surface area contributed by atoms with Crippen molar-refractivity contribution in [1.82, 2.24) is 4.98 Å². The highest BCUT2D eigenvalue weighted by Gasteiger charge is 2.24. The zero-order valence-electron chi connectivity index (χ0n) is 13.1. The first-order chi connectivity index (χ1) is 11.5. The van der Waals surface area contributed by atoms with Gasteiger partial charge in [-0.3, -0.25) is 0 Å². The van der Waals surface area contributed by atoms with Gasteiger partial charge in [0.2, 0.25) is 0 Å². The molecule has 2 aromatic rings. The van der Waals surface area contributed by atoms with Crippen LogP contribution in [0.25, 0.3) is 11.1 Å². The van der Waals surface area contributed by atoms with Gasteiger partial charge in [0.1, 0.15) is 11.5 Å². The molecule has 0 saturated carbocycles. The number of H-pyrrole nitrogens is 1. The topological polar surface area (TPSA) is 129 Å². The minimum atomic E-state index is -0.553. The molecule has 130 valence electrons. The Labute approximate surface area is 147 Å². The summed E-state index contributed by atoms with van der Waals surface area (Å²) in [4.78, 5) is 14.8. The maximum absolute atomic E-state index is 12.0. The summed E-state index contributed by atoms with van der Waals surface area (Å²) in [7, 11) is 0. The van der Waals surface area contributed by atoms with E-state index in [1.54, 1.807) is 19.1 Å². The molecule has 7 nitrogen and oxygen atoms in total. The third-order valence-corrected chi connectivity index (χ3v) is 4.52. The number of aromatic nitrogens is 1. The van der Waals surface area contributed by atoms with E-state index in [1.165, 1.54) is 0 Å². The molecular formula is C16H19BrN2O5. The lowest BCUT2D eigenvalue weighted by Gasteiger charge is -2.15. The van der Waals surface area contributed by atoms with E-state index < -0.39 is 5.97 Å². The maximum Gasteiger partial charge on any atom is 0.355 e. The average molecular weight is 399 g/mol. The Balaban J connectivity index is 2.67. The fourth-order valence-corrected chi connectivity index (χ4v) is 3.29. The molecule has 0 atom stereocenters. The molecule has 0 unspecified atom stereocenters. The van der Waals surface area contributed by atoms with Gasteiger partial charge in [0, 0.05) is 5.56 Å². The van der Waals surface area contributed by atoms with Gasteiger partial charge >= 0.3 is 5.97 Å². The van der Waals surface area contributed by atoms with Crippen molar-refractivity contribution in [3.05, 3.63) is 39.0 Å². The predicted molar refractivity (Wildman–Crippen MR) is 92.1 cm³/mol. The van der Waals surface area contributed by atoms with E-state index in [1.807, 2.05) is 0 Å². The zero-order valence-corrected chi connectivity index (χ0v) is 14.7. The number of benzene rings is 1. The summed E-state index contributed by atoms with van der Waals surface area (Å²) in [6.45, 7) is 0.962. The number of hydrogen-bond acceptors (Lipinski definition) is 6. The van der Waals surface area contributed by atoms with E-state index in [9.17, 15) is 20.1 Å². The van der Waals surface area contributed by atoms with Crippen LogP contribution in [-0.4, -0.2) is 32.9 Å². The number of nitrogen functional groups attached to an aromatic ring is 1. The Morgan fingerprint density at radius 2 is 1.88 bits per heavy atom. The number of ether oxygens (including phenoxy) is 1. The van der Waals surface area contributed by atoms with Crippen LogP contribution in [0.5, 0.6) is 0 Å². The number of aliphatic hydroxyl groups is 3. The number of halogens is 1. The van der Waals surface area contributed by atoms with Crippen molar-refractivity contribution >= 4 is 27.7 Å². The van der Waals surface area contributed by atoms with Crippen LogP contribution in [0.3, 0.4) is 0 Å². The maximum atomic E-state index is 12.0. The third kappa shape index (κ3) is 3.18. The molecule has 6 N–H and O–H groups in total. The van der Waals surface area contributed by atoms with Gasteiger partial charge in [0.25, 0.3) is 0 Å². The van der Waals surface area contributed by atoms with Gasteiger partial charge in [-0.25, -0.2) is 4.79 Å². The van der Waals surface area contributed by atoms with Crippen molar-refractivity contribution in [2.45, 2.75) is 26.7 Å². The Hall–Kier alpha value is -1.87. The molecule has 1 heterocycles. The molecule has 0 saturated heterocycles. The minimum absolute atomic E-state index is 0.171. The van der Waals surface area contributed by atoms with Crippen LogP contribution in [0.1, 0.15) is 34.1 Å². The lowest BCUT2D eigenvalue weighted by Crippen LogP contribution is -2.06. The second kappa shape index (κ2) is 7.80. The first-order valence-electron chi connectivity index (χ1n) is 7.30. The summed E-state index contributed by atoms with van der Waals surface area (Å²) in [5.41, 5.74) is 8.60. The second-order valence-electron chi connectivity index (χ2n) is 5.03. The van der Waals surface area contributed by atoms with Crippen molar-refractivity contribution in [3.63, 3.8) is 0 Å². The van der Waals surface area contributed by atoms with Crippen molar-refractivity contribution in [2.24, 2.45) is 0 Å². The second-order valence-corrected chi connectivity index (χ2v) is 5.82. The lowest BCUT2D eigenvalue weighted by molar-refractivity contribution is 0.0519.